The summed E-state index contributed by atoms with van der Waals surface area (Å²) in [6, 6.07) is 10.5. The molecule has 0 aliphatic carbocycles. The highest BCUT2D eigenvalue weighted by Crippen LogP contribution is 2.19. The Labute approximate surface area is 139 Å². The van der Waals surface area contributed by atoms with Crippen molar-refractivity contribution in [1.29, 1.82) is 0 Å². The minimum atomic E-state index is -3.34. The molecule has 1 aliphatic rings. The normalized spacial score (nSPS) is 20.9. The van der Waals surface area contributed by atoms with E-state index in [9.17, 15) is 13.2 Å². The maximum Gasteiger partial charge on any atom is 0.238 e. The third-order valence-electron chi connectivity index (χ3n) is 4.50. The average Bonchev–Trinajstić information content (AvgIpc) is 2.53. The van der Waals surface area contributed by atoms with Gasteiger partial charge in [-0.15, -0.1) is 0 Å². The third-order valence-corrected chi connectivity index (χ3v) is 6.00. The van der Waals surface area contributed by atoms with E-state index >= 15 is 0 Å². The van der Waals surface area contributed by atoms with Gasteiger partial charge < -0.3 is 5.32 Å². The summed E-state index contributed by atoms with van der Waals surface area (Å²) in [6.07, 6.45) is 4.43. The first-order valence-corrected chi connectivity index (χ1v) is 10.1. The van der Waals surface area contributed by atoms with Crippen molar-refractivity contribution in [3.05, 3.63) is 35.9 Å². The van der Waals surface area contributed by atoms with Crippen molar-refractivity contribution >= 4 is 15.7 Å². The number of likely N-dealkylation sites (tertiary alicyclic amines) is 1. The van der Waals surface area contributed by atoms with Crippen LogP contribution in [0.5, 0.6) is 0 Å². The van der Waals surface area contributed by atoms with Gasteiger partial charge in [-0.3, -0.25) is 9.69 Å². The molecule has 23 heavy (non-hydrogen) atoms. The highest BCUT2D eigenvalue weighted by atomic mass is 32.2. The summed E-state index contributed by atoms with van der Waals surface area (Å²) < 4.78 is 22.9. The SMILES string of the molecule is CC(C(=O)NCC1CCCCN1Cc1ccccc1)S(C)(=O)=O. The van der Waals surface area contributed by atoms with E-state index in [4.69, 9.17) is 0 Å². The van der Waals surface area contributed by atoms with Gasteiger partial charge in [0.05, 0.1) is 0 Å². The molecule has 1 aliphatic heterocycles. The van der Waals surface area contributed by atoms with Gasteiger partial charge in [-0.05, 0) is 31.9 Å². The molecule has 5 nitrogen and oxygen atoms in total. The first-order chi connectivity index (χ1) is 10.9. The number of piperidine rings is 1. The number of carbonyl (C=O) groups excluding carboxylic acids is 1. The maximum absolute atomic E-state index is 12.0. The van der Waals surface area contributed by atoms with Crippen molar-refractivity contribution < 1.29 is 13.2 Å². The summed E-state index contributed by atoms with van der Waals surface area (Å²) in [4.78, 5) is 14.4. The number of carbonyl (C=O) groups is 1. The molecule has 2 atom stereocenters. The molecule has 1 fully saturated rings. The summed E-state index contributed by atoms with van der Waals surface area (Å²) in [5.41, 5.74) is 1.26. The Morgan fingerprint density at radius 3 is 2.65 bits per heavy atom. The molecule has 0 saturated carbocycles. The Morgan fingerprint density at radius 1 is 1.30 bits per heavy atom. The van der Waals surface area contributed by atoms with E-state index in [1.165, 1.54) is 12.5 Å². The van der Waals surface area contributed by atoms with E-state index in [1.54, 1.807) is 0 Å². The van der Waals surface area contributed by atoms with E-state index in [-0.39, 0.29) is 6.04 Å². The lowest BCUT2D eigenvalue weighted by atomic mass is 10.0. The molecule has 128 valence electrons. The topological polar surface area (TPSA) is 66.5 Å². The van der Waals surface area contributed by atoms with Crippen LogP contribution in [0.2, 0.25) is 0 Å². The van der Waals surface area contributed by atoms with Crippen LogP contribution >= 0.6 is 0 Å². The second kappa shape index (κ2) is 7.93. The monoisotopic (exact) mass is 338 g/mol. The molecule has 0 radical (unpaired) electrons. The number of sulfone groups is 1. The van der Waals surface area contributed by atoms with Crippen molar-refractivity contribution in [2.24, 2.45) is 0 Å². The van der Waals surface area contributed by atoms with Gasteiger partial charge in [0, 0.05) is 25.4 Å². The molecule has 2 rings (SSSR count). The average molecular weight is 338 g/mol. The number of benzene rings is 1. The largest absolute Gasteiger partial charge is 0.353 e. The molecule has 1 heterocycles. The summed E-state index contributed by atoms with van der Waals surface area (Å²) in [5.74, 6) is -0.405. The minimum Gasteiger partial charge on any atom is -0.353 e. The van der Waals surface area contributed by atoms with Gasteiger partial charge >= 0.3 is 0 Å². The number of rotatable bonds is 6. The second-order valence-corrected chi connectivity index (χ2v) is 8.69. The van der Waals surface area contributed by atoms with Crippen LogP contribution in [0, 0.1) is 0 Å². The van der Waals surface area contributed by atoms with Crippen LogP contribution in [-0.4, -0.2) is 49.9 Å². The van der Waals surface area contributed by atoms with Gasteiger partial charge in [0.25, 0.3) is 0 Å². The molecule has 1 aromatic rings. The second-order valence-electron chi connectivity index (χ2n) is 6.32. The smallest absolute Gasteiger partial charge is 0.238 e. The quantitative estimate of drug-likeness (QED) is 0.855. The first kappa shape index (κ1) is 17.9. The lowest BCUT2D eigenvalue weighted by Crippen LogP contribution is -2.48. The fourth-order valence-corrected chi connectivity index (χ4v) is 3.35. The Hall–Kier alpha value is -1.40. The molecule has 1 amide bonds. The fraction of sp³-hybridized carbons (Fsp3) is 0.588. The number of hydrogen-bond donors (Lipinski definition) is 1. The van der Waals surface area contributed by atoms with E-state index < -0.39 is 21.0 Å². The number of nitrogens with one attached hydrogen (secondary N) is 1. The van der Waals surface area contributed by atoms with Gasteiger partial charge in [-0.2, -0.15) is 0 Å². The van der Waals surface area contributed by atoms with Gasteiger partial charge in [-0.25, -0.2) is 8.42 Å². The number of amides is 1. The lowest BCUT2D eigenvalue weighted by Gasteiger charge is -2.36. The molecule has 2 unspecified atom stereocenters. The maximum atomic E-state index is 12.0. The Morgan fingerprint density at radius 2 is 2.00 bits per heavy atom. The minimum absolute atomic E-state index is 0.264. The van der Waals surface area contributed by atoms with Crippen LogP contribution in [0.1, 0.15) is 31.7 Å². The Bertz CT molecular complexity index is 616. The molecule has 1 saturated heterocycles. The van der Waals surface area contributed by atoms with Gasteiger partial charge in [0.15, 0.2) is 9.84 Å². The standard InChI is InChI=1S/C17H26N2O3S/c1-14(23(2,21)22)17(20)18-12-16-10-6-7-11-19(16)13-15-8-4-3-5-9-15/h3-5,8-9,14,16H,6-7,10-13H2,1-2H3,(H,18,20). The van der Waals surface area contributed by atoms with E-state index in [2.05, 4.69) is 22.3 Å². The van der Waals surface area contributed by atoms with Gasteiger partial charge in [0.1, 0.15) is 5.25 Å². The molecule has 1 aromatic carbocycles. The fourth-order valence-electron chi connectivity index (χ4n) is 2.87. The molecule has 1 N–H and O–H groups in total. The van der Waals surface area contributed by atoms with Gasteiger partial charge in [-0.1, -0.05) is 36.8 Å². The van der Waals surface area contributed by atoms with Crippen molar-refractivity contribution in [2.75, 3.05) is 19.3 Å². The predicted octanol–water partition coefficient (Wildman–Crippen LogP) is 1.59. The van der Waals surface area contributed by atoms with E-state index in [0.717, 1.165) is 38.6 Å². The first-order valence-electron chi connectivity index (χ1n) is 8.12. The van der Waals surface area contributed by atoms with Crippen LogP contribution in [0.15, 0.2) is 30.3 Å². The van der Waals surface area contributed by atoms with Crippen LogP contribution in [0.3, 0.4) is 0 Å². The zero-order valence-corrected chi connectivity index (χ0v) is 14.7. The van der Waals surface area contributed by atoms with E-state index in [0.29, 0.717) is 6.54 Å². The zero-order valence-electron chi connectivity index (χ0n) is 13.9. The van der Waals surface area contributed by atoms with Crippen LogP contribution < -0.4 is 5.32 Å². The third kappa shape index (κ3) is 5.32. The molecular formula is C17H26N2O3S. The van der Waals surface area contributed by atoms with Gasteiger partial charge in [0.2, 0.25) is 5.91 Å². The van der Waals surface area contributed by atoms with Crippen LogP contribution in [0.25, 0.3) is 0 Å². The van der Waals surface area contributed by atoms with E-state index in [1.807, 2.05) is 18.2 Å². The van der Waals surface area contributed by atoms with Crippen molar-refractivity contribution in [3.63, 3.8) is 0 Å². The summed E-state index contributed by atoms with van der Waals surface area (Å²) >= 11 is 0. The molecular weight excluding hydrogens is 312 g/mol. The van der Waals surface area contributed by atoms with Crippen LogP contribution in [-0.2, 0) is 21.2 Å². The van der Waals surface area contributed by atoms with Crippen molar-refractivity contribution in [1.82, 2.24) is 10.2 Å². The number of hydrogen-bond acceptors (Lipinski definition) is 4. The zero-order chi connectivity index (χ0) is 16.9. The highest BCUT2D eigenvalue weighted by Gasteiger charge is 2.26. The molecule has 0 aromatic heterocycles. The predicted molar refractivity (Wildman–Crippen MR) is 91.8 cm³/mol. The molecule has 6 heteroatoms. The summed E-state index contributed by atoms with van der Waals surface area (Å²) in [7, 11) is -3.34. The molecule has 0 bridgehead atoms. The Kier molecular flexibility index (Phi) is 6.18. The summed E-state index contributed by atoms with van der Waals surface area (Å²) in [5, 5.41) is 1.82. The number of nitrogens with zero attached hydrogens (tertiary/aromatic N) is 1. The highest BCUT2D eigenvalue weighted by molar-refractivity contribution is 7.92. The van der Waals surface area contributed by atoms with Crippen molar-refractivity contribution in [2.45, 2.75) is 44.0 Å². The Balaban J connectivity index is 1.92. The van der Waals surface area contributed by atoms with Crippen molar-refractivity contribution in [3.8, 4) is 0 Å². The lowest BCUT2D eigenvalue weighted by molar-refractivity contribution is -0.120. The summed E-state index contributed by atoms with van der Waals surface area (Å²) in [6.45, 7) is 3.82. The molecule has 0 spiro atoms. The van der Waals surface area contributed by atoms with Crippen LogP contribution in [0.4, 0.5) is 0 Å².